The number of carboxylic acids is 1. The van der Waals surface area contributed by atoms with Crippen LogP contribution in [0.5, 0.6) is 0 Å². The third-order valence-corrected chi connectivity index (χ3v) is 6.79. The number of thiazole rings is 1. The average molecular weight is 416 g/mol. The molecule has 1 aliphatic carbocycles. The van der Waals surface area contributed by atoms with E-state index in [0.717, 1.165) is 18.4 Å². The van der Waals surface area contributed by atoms with Gasteiger partial charge >= 0.3 is 5.97 Å². The van der Waals surface area contributed by atoms with Gasteiger partial charge in [0.2, 0.25) is 0 Å². The first-order chi connectivity index (χ1) is 14.0. The summed E-state index contributed by atoms with van der Waals surface area (Å²) in [6.45, 7) is 0. The maximum Gasteiger partial charge on any atom is 0.355 e. The molecule has 2 fully saturated rings. The van der Waals surface area contributed by atoms with Crippen molar-refractivity contribution in [2.24, 2.45) is 11.8 Å². The lowest BCUT2D eigenvalue weighted by Gasteiger charge is -2.33. The Morgan fingerprint density at radius 2 is 2.10 bits per heavy atom. The van der Waals surface area contributed by atoms with Gasteiger partial charge in [0.15, 0.2) is 5.69 Å². The van der Waals surface area contributed by atoms with Crippen LogP contribution in [0.2, 0.25) is 0 Å². The van der Waals surface area contributed by atoms with Crippen LogP contribution in [0.4, 0.5) is 0 Å². The number of hydrogen-bond donors (Lipinski definition) is 3. The summed E-state index contributed by atoms with van der Waals surface area (Å²) in [5, 5.41) is 32.2. The molecule has 3 N–H and O–H groups in total. The lowest BCUT2D eigenvalue weighted by molar-refractivity contribution is -0.0767. The number of aliphatic hydroxyl groups excluding tert-OH is 2. The molecule has 1 saturated heterocycles. The molecular formula is C22H25NO5S. The standard InChI is InChI=1S/C22H25NO5S/c24-14(10-13-4-2-1-3-5-13)6-7-15-16-8-9-19(28-20(16)11-18(15)25)21-23-17(12-29-21)22(26)27/h1-7,12,14-16,18-20,24-25H,8-11H2,(H,26,27)/b7-6+/t14?,15-,16-,18-,19-,20+/m1/s1. The summed E-state index contributed by atoms with van der Waals surface area (Å²) in [6, 6.07) is 9.83. The number of aromatic carboxylic acids is 1. The fourth-order valence-electron chi connectivity index (χ4n) is 4.43. The molecule has 1 aliphatic heterocycles. The maximum absolute atomic E-state index is 11.1. The van der Waals surface area contributed by atoms with Crippen molar-refractivity contribution in [1.82, 2.24) is 4.98 Å². The zero-order valence-electron chi connectivity index (χ0n) is 15.9. The van der Waals surface area contributed by atoms with E-state index in [2.05, 4.69) is 4.98 Å². The number of nitrogens with zero attached hydrogens (tertiary/aromatic N) is 1. The Kier molecular flexibility index (Phi) is 6.10. The number of carboxylic acid groups (broad SMARTS) is 1. The molecule has 2 heterocycles. The molecule has 1 unspecified atom stereocenters. The molecule has 6 nitrogen and oxygen atoms in total. The van der Waals surface area contributed by atoms with Crippen LogP contribution in [0.3, 0.4) is 0 Å². The lowest BCUT2D eigenvalue weighted by Crippen LogP contribution is -2.30. The molecule has 0 bridgehead atoms. The Morgan fingerprint density at radius 1 is 1.31 bits per heavy atom. The summed E-state index contributed by atoms with van der Waals surface area (Å²) < 4.78 is 6.19. The molecule has 2 aliphatic rings. The molecule has 7 heteroatoms. The Hall–Kier alpha value is -2.06. The third-order valence-electron chi connectivity index (χ3n) is 5.85. The van der Waals surface area contributed by atoms with Crippen molar-refractivity contribution >= 4 is 17.3 Å². The van der Waals surface area contributed by atoms with Gasteiger partial charge in [-0.15, -0.1) is 11.3 Å². The van der Waals surface area contributed by atoms with E-state index in [1.165, 1.54) is 16.7 Å². The molecule has 2 aromatic rings. The maximum atomic E-state index is 11.1. The number of rotatable bonds is 6. The van der Waals surface area contributed by atoms with Crippen molar-refractivity contribution in [3.63, 3.8) is 0 Å². The lowest BCUT2D eigenvalue weighted by atomic mass is 9.86. The molecule has 0 spiro atoms. The quantitative estimate of drug-likeness (QED) is 0.627. The number of aromatic nitrogens is 1. The van der Waals surface area contributed by atoms with E-state index in [1.54, 1.807) is 6.08 Å². The first kappa shape index (κ1) is 20.2. The Balaban J connectivity index is 1.37. The van der Waals surface area contributed by atoms with Crippen LogP contribution in [-0.2, 0) is 11.2 Å². The van der Waals surface area contributed by atoms with Crippen LogP contribution in [0.25, 0.3) is 0 Å². The Bertz CT molecular complexity index is 867. The van der Waals surface area contributed by atoms with Gasteiger partial charge in [-0.1, -0.05) is 42.5 Å². The zero-order valence-corrected chi connectivity index (χ0v) is 16.7. The molecule has 1 aromatic carbocycles. The number of carbonyl (C=O) groups is 1. The van der Waals surface area contributed by atoms with E-state index in [4.69, 9.17) is 9.84 Å². The van der Waals surface area contributed by atoms with Gasteiger partial charge in [-0.2, -0.15) is 0 Å². The van der Waals surface area contributed by atoms with E-state index in [9.17, 15) is 15.0 Å². The monoisotopic (exact) mass is 415 g/mol. The van der Waals surface area contributed by atoms with Crippen molar-refractivity contribution in [3.8, 4) is 0 Å². The fourth-order valence-corrected chi connectivity index (χ4v) is 5.29. The van der Waals surface area contributed by atoms with Crippen LogP contribution in [0.15, 0.2) is 47.9 Å². The first-order valence-electron chi connectivity index (χ1n) is 9.94. The Morgan fingerprint density at radius 3 is 2.83 bits per heavy atom. The minimum Gasteiger partial charge on any atom is -0.476 e. The highest BCUT2D eigenvalue weighted by atomic mass is 32.1. The molecule has 0 radical (unpaired) electrons. The van der Waals surface area contributed by atoms with Crippen molar-refractivity contribution in [1.29, 1.82) is 0 Å². The highest BCUT2D eigenvalue weighted by molar-refractivity contribution is 7.09. The number of fused-ring (bicyclic) bond motifs is 1. The highest BCUT2D eigenvalue weighted by Gasteiger charge is 2.45. The van der Waals surface area contributed by atoms with E-state index in [1.807, 2.05) is 36.4 Å². The van der Waals surface area contributed by atoms with Crippen molar-refractivity contribution in [3.05, 3.63) is 64.1 Å². The van der Waals surface area contributed by atoms with Gasteiger partial charge in [0.05, 0.1) is 18.3 Å². The molecule has 1 saturated carbocycles. The molecule has 4 rings (SSSR count). The van der Waals surface area contributed by atoms with E-state index in [0.29, 0.717) is 17.8 Å². The second-order valence-corrected chi connectivity index (χ2v) is 8.69. The van der Waals surface area contributed by atoms with E-state index < -0.39 is 18.2 Å². The SMILES string of the molecule is O=C(O)c1csc([C@H]2CC[C@@H]3[C@@H](/C=C/C(O)Cc4ccccc4)[C@H](O)C[C@@H]3O2)n1. The van der Waals surface area contributed by atoms with Crippen LogP contribution in [0, 0.1) is 11.8 Å². The molecule has 6 atom stereocenters. The topological polar surface area (TPSA) is 99.9 Å². The normalized spacial score (nSPS) is 30.3. The number of ether oxygens (including phenoxy) is 1. The van der Waals surface area contributed by atoms with Gasteiger partial charge in [0, 0.05) is 24.1 Å². The van der Waals surface area contributed by atoms with Crippen LogP contribution < -0.4 is 0 Å². The van der Waals surface area contributed by atoms with Crippen LogP contribution in [0.1, 0.15) is 46.4 Å². The number of hydrogen-bond acceptors (Lipinski definition) is 6. The van der Waals surface area contributed by atoms with E-state index in [-0.39, 0.29) is 29.7 Å². The summed E-state index contributed by atoms with van der Waals surface area (Å²) in [5.41, 5.74) is 1.12. The van der Waals surface area contributed by atoms with Crippen LogP contribution in [-0.4, -0.2) is 44.6 Å². The Labute approximate surface area is 173 Å². The zero-order chi connectivity index (χ0) is 20.4. The van der Waals surface area contributed by atoms with Gasteiger partial charge in [-0.25, -0.2) is 9.78 Å². The van der Waals surface area contributed by atoms with Gasteiger partial charge in [0.1, 0.15) is 11.1 Å². The largest absolute Gasteiger partial charge is 0.476 e. The summed E-state index contributed by atoms with van der Waals surface area (Å²) in [4.78, 5) is 15.2. The van der Waals surface area contributed by atoms with Gasteiger partial charge in [0.25, 0.3) is 0 Å². The van der Waals surface area contributed by atoms with Gasteiger partial charge < -0.3 is 20.1 Å². The molecule has 1 aromatic heterocycles. The predicted octanol–water partition coefficient (Wildman–Crippen LogP) is 3.22. The minimum atomic E-state index is -1.03. The second kappa shape index (κ2) is 8.75. The van der Waals surface area contributed by atoms with Crippen molar-refractivity contribution < 1.29 is 24.9 Å². The summed E-state index contributed by atoms with van der Waals surface area (Å²) in [6.07, 6.45) is 5.05. The summed E-state index contributed by atoms with van der Waals surface area (Å²) in [7, 11) is 0. The smallest absolute Gasteiger partial charge is 0.355 e. The number of aliphatic hydroxyl groups is 2. The average Bonchev–Trinajstić information content (AvgIpc) is 3.31. The third kappa shape index (κ3) is 4.59. The highest BCUT2D eigenvalue weighted by Crippen LogP contribution is 2.46. The van der Waals surface area contributed by atoms with Crippen molar-refractivity contribution in [2.45, 2.75) is 50.1 Å². The van der Waals surface area contributed by atoms with Gasteiger partial charge in [-0.05, 0) is 24.3 Å². The fraction of sp³-hybridized carbons (Fsp3) is 0.455. The predicted molar refractivity (Wildman–Crippen MR) is 109 cm³/mol. The van der Waals surface area contributed by atoms with Gasteiger partial charge in [-0.3, -0.25) is 0 Å². The summed E-state index contributed by atoms with van der Waals surface area (Å²) >= 11 is 1.31. The molecular weight excluding hydrogens is 390 g/mol. The minimum absolute atomic E-state index is 0.0442. The molecule has 154 valence electrons. The molecule has 29 heavy (non-hydrogen) atoms. The first-order valence-corrected chi connectivity index (χ1v) is 10.8. The van der Waals surface area contributed by atoms with Crippen LogP contribution >= 0.6 is 11.3 Å². The summed E-state index contributed by atoms with van der Waals surface area (Å²) in [5.74, 6) is -0.880. The second-order valence-electron chi connectivity index (χ2n) is 7.80. The van der Waals surface area contributed by atoms with E-state index >= 15 is 0 Å². The molecule has 0 amide bonds. The number of benzene rings is 1. The van der Waals surface area contributed by atoms with Crippen molar-refractivity contribution in [2.75, 3.05) is 0 Å².